The summed E-state index contributed by atoms with van der Waals surface area (Å²) in [6.45, 7) is 15.7. The van der Waals surface area contributed by atoms with Crippen LogP contribution in [-0.4, -0.2) is 29.9 Å². The monoisotopic (exact) mass is 317 g/mol. The molecule has 1 heterocycles. The quantitative estimate of drug-likeness (QED) is 0.649. The maximum Gasteiger partial charge on any atom is 0.00768 e. The molecule has 0 saturated carbocycles. The molecular weight excluding hydrogens is 286 g/mol. The number of rotatable bonds is 5. The summed E-state index contributed by atoms with van der Waals surface area (Å²) in [6.07, 6.45) is 5.52. The van der Waals surface area contributed by atoms with E-state index >= 15 is 0 Å². The summed E-state index contributed by atoms with van der Waals surface area (Å²) in [6, 6.07) is 0. The maximum absolute atomic E-state index is 3.70. The van der Waals surface area contributed by atoms with Gasteiger partial charge >= 0.3 is 0 Å². The number of hydrogen-bond acceptors (Lipinski definition) is 1. The number of hydrogen-bond donors (Lipinski definition) is 0. The van der Waals surface area contributed by atoms with Crippen LogP contribution in [0.2, 0.25) is 0 Å². The Hall–Kier alpha value is 0.440. The van der Waals surface area contributed by atoms with E-state index in [2.05, 4.69) is 55.4 Å². The van der Waals surface area contributed by atoms with Gasteiger partial charge in [-0.05, 0) is 42.7 Å². The molecular formula is C16H32BrN. The highest BCUT2D eigenvalue weighted by atomic mass is 79.9. The number of alkyl halides is 1. The minimum Gasteiger partial charge on any atom is -0.303 e. The van der Waals surface area contributed by atoms with Gasteiger partial charge in [-0.15, -0.1) is 0 Å². The van der Waals surface area contributed by atoms with Crippen molar-refractivity contribution in [2.24, 2.45) is 16.7 Å². The Labute approximate surface area is 123 Å². The van der Waals surface area contributed by atoms with E-state index < -0.39 is 0 Å². The highest BCUT2D eigenvalue weighted by Gasteiger charge is 2.33. The molecule has 0 radical (unpaired) electrons. The molecule has 0 bridgehead atoms. The van der Waals surface area contributed by atoms with Crippen LogP contribution < -0.4 is 0 Å². The second-order valence-electron chi connectivity index (χ2n) is 7.22. The summed E-state index contributed by atoms with van der Waals surface area (Å²) >= 11 is 3.70. The van der Waals surface area contributed by atoms with Gasteiger partial charge in [0, 0.05) is 11.9 Å². The predicted molar refractivity (Wildman–Crippen MR) is 85.4 cm³/mol. The van der Waals surface area contributed by atoms with E-state index in [9.17, 15) is 0 Å². The van der Waals surface area contributed by atoms with E-state index in [1.165, 1.54) is 45.3 Å². The van der Waals surface area contributed by atoms with E-state index in [0.717, 1.165) is 11.2 Å². The van der Waals surface area contributed by atoms with Crippen LogP contribution in [0.3, 0.4) is 0 Å². The Balaban J connectivity index is 2.48. The lowest BCUT2D eigenvalue weighted by Crippen LogP contribution is -2.44. The zero-order chi connectivity index (χ0) is 13.8. The Bertz CT molecular complexity index is 230. The molecule has 0 spiro atoms. The van der Waals surface area contributed by atoms with Gasteiger partial charge in [0.2, 0.25) is 0 Å². The molecule has 0 amide bonds. The van der Waals surface area contributed by atoms with E-state index in [0.29, 0.717) is 10.8 Å². The molecule has 0 aromatic rings. The molecule has 108 valence electrons. The first-order valence-electron chi connectivity index (χ1n) is 7.65. The second-order valence-corrected chi connectivity index (χ2v) is 7.87. The molecule has 1 saturated heterocycles. The smallest absolute Gasteiger partial charge is 0.00768 e. The van der Waals surface area contributed by atoms with Crippen molar-refractivity contribution in [2.75, 3.05) is 25.0 Å². The van der Waals surface area contributed by atoms with Gasteiger partial charge < -0.3 is 4.90 Å². The Morgan fingerprint density at radius 1 is 1.11 bits per heavy atom. The van der Waals surface area contributed by atoms with Gasteiger partial charge in [-0.1, -0.05) is 63.4 Å². The lowest BCUT2D eigenvalue weighted by Gasteiger charge is -2.43. The third-order valence-electron chi connectivity index (χ3n) is 5.31. The summed E-state index contributed by atoms with van der Waals surface area (Å²) in [5.74, 6) is 0.758. The number of piperidine rings is 1. The van der Waals surface area contributed by atoms with Crippen LogP contribution in [0.4, 0.5) is 0 Å². The van der Waals surface area contributed by atoms with Gasteiger partial charge in [-0.3, -0.25) is 0 Å². The molecule has 0 aromatic carbocycles. The van der Waals surface area contributed by atoms with Crippen LogP contribution in [0, 0.1) is 16.7 Å². The largest absolute Gasteiger partial charge is 0.303 e. The summed E-state index contributed by atoms with van der Waals surface area (Å²) in [4.78, 5) is 2.70. The first kappa shape index (κ1) is 16.5. The average Bonchev–Trinajstić information content (AvgIpc) is 2.35. The van der Waals surface area contributed by atoms with Crippen LogP contribution in [0.15, 0.2) is 0 Å². The summed E-state index contributed by atoms with van der Waals surface area (Å²) in [7, 11) is 0. The van der Waals surface area contributed by atoms with Gasteiger partial charge in [0.05, 0.1) is 0 Å². The summed E-state index contributed by atoms with van der Waals surface area (Å²) < 4.78 is 0. The van der Waals surface area contributed by atoms with Crippen LogP contribution >= 0.6 is 15.9 Å². The standard InChI is InChI=1S/C16H32BrN/c1-6-16(7-2)8-10-18(11-9-16)13-14(12-17)15(3,4)5/h14H,6-13H2,1-5H3. The molecule has 0 aliphatic carbocycles. The lowest BCUT2D eigenvalue weighted by molar-refractivity contribution is 0.0708. The van der Waals surface area contributed by atoms with Crippen LogP contribution in [0.25, 0.3) is 0 Å². The lowest BCUT2D eigenvalue weighted by atomic mass is 9.73. The van der Waals surface area contributed by atoms with Crippen LogP contribution in [0.1, 0.15) is 60.3 Å². The predicted octanol–water partition coefficient (Wildman–Crippen LogP) is 4.95. The molecule has 1 aliphatic rings. The van der Waals surface area contributed by atoms with Gasteiger partial charge in [-0.2, -0.15) is 0 Å². The summed E-state index contributed by atoms with van der Waals surface area (Å²) in [5, 5.41) is 1.12. The van der Waals surface area contributed by atoms with E-state index in [4.69, 9.17) is 0 Å². The SMILES string of the molecule is CCC1(CC)CCN(CC(CBr)C(C)(C)C)CC1. The Kier molecular flexibility index (Phi) is 6.18. The molecule has 1 atom stereocenters. The van der Waals surface area contributed by atoms with Crippen molar-refractivity contribution in [1.82, 2.24) is 4.90 Å². The van der Waals surface area contributed by atoms with Crippen LogP contribution in [-0.2, 0) is 0 Å². The van der Waals surface area contributed by atoms with Gasteiger partial charge in [0.15, 0.2) is 0 Å². The van der Waals surface area contributed by atoms with Crippen molar-refractivity contribution in [3.05, 3.63) is 0 Å². The van der Waals surface area contributed by atoms with Crippen molar-refractivity contribution in [3.63, 3.8) is 0 Å². The molecule has 0 N–H and O–H groups in total. The molecule has 1 nitrogen and oxygen atoms in total. The molecule has 1 unspecified atom stereocenters. The first-order valence-corrected chi connectivity index (χ1v) is 8.77. The number of likely N-dealkylation sites (tertiary alicyclic amines) is 1. The maximum atomic E-state index is 3.70. The first-order chi connectivity index (χ1) is 8.37. The van der Waals surface area contributed by atoms with Crippen molar-refractivity contribution >= 4 is 15.9 Å². The fourth-order valence-electron chi connectivity index (χ4n) is 3.03. The van der Waals surface area contributed by atoms with Crippen molar-refractivity contribution in [1.29, 1.82) is 0 Å². The number of nitrogens with zero attached hydrogens (tertiary/aromatic N) is 1. The fourth-order valence-corrected chi connectivity index (χ4v) is 4.21. The third kappa shape index (κ3) is 4.23. The van der Waals surface area contributed by atoms with Crippen molar-refractivity contribution in [3.8, 4) is 0 Å². The van der Waals surface area contributed by atoms with Gasteiger partial charge in [0.25, 0.3) is 0 Å². The molecule has 18 heavy (non-hydrogen) atoms. The van der Waals surface area contributed by atoms with E-state index in [1.54, 1.807) is 0 Å². The fraction of sp³-hybridized carbons (Fsp3) is 1.00. The van der Waals surface area contributed by atoms with Gasteiger partial charge in [0.1, 0.15) is 0 Å². The highest BCUT2D eigenvalue weighted by Crippen LogP contribution is 2.38. The normalized spacial score (nSPS) is 23.0. The van der Waals surface area contributed by atoms with Crippen LogP contribution in [0.5, 0.6) is 0 Å². The van der Waals surface area contributed by atoms with Crippen molar-refractivity contribution in [2.45, 2.75) is 60.3 Å². The average molecular weight is 318 g/mol. The van der Waals surface area contributed by atoms with E-state index in [1.807, 2.05) is 0 Å². The number of halogens is 1. The topological polar surface area (TPSA) is 3.24 Å². The Morgan fingerprint density at radius 3 is 1.94 bits per heavy atom. The minimum atomic E-state index is 0.410. The molecule has 1 rings (SSSR count). The molecule has 2 heteroatoms. The third-order valence-corrected chi connectivity index (χ3v) is 6.09. The molecule has 0 aromatic heterocycles. The molecule has 1 aliphatic heterocycles. The second kappa shape index (κ2) is 6.74. The van der Waals surface area contributed by atoms with Crippen molar-refractivity contribution < 1.29 is 0 Å². The minimum absolute atomic E-state index is 0.410. The Morgan fingerprint density at radius 2 is 1.61 bits per heavy atom. The molecule has 1 fully saturated rings. The van der Waals surface area contributed by atoms with Gasteiger partial charge in [-0.25, -0.2) is 0 Å². The zero-order valence-corrected chi connectivity index (χ0v) is 14.6. The summed E-state index contributed by atoms with van der Waals surface area (Å²) in [5.41, 5.74) is 1.07. The highest BCUT2D eigenvalue weighted by molar-refractivity contribution is 9.09. The zero-order valence-electron chi connectivity index (χ0n) is 13.1. The van der Waals surface area contributed by atoms with E-state index in [-0.39, 0.29) is 0 Å².